The maximum absolute atomic E-state index is 10.5. The van der Waals surface area contributed by atoms with E-state index in [2.05, 4.69) is 47.0 Å². The first-order chi connectivity index (χ1) is 13.0. The van der Waals surface area contributed by atoms with E-state index in [4.69, 9.17) is 13.9 Å². The van der Waals surface area contributed by atoms with Crippen molar-refractivity contribution in [3.63, 3.8) is 0 Å². The molecule has 0 saturated heterocycles. The Labute approximate surface area is 171 Å². The van der Waals surface area contributed by atoms with Gasteiger partial charge in [0.25, 0.3) is 0 Å². The maximum Gasteiger partial charge on any atom is 0.250 e. The standard InChI is InChI=1S/C23H36O4Si/c1-9-18(27-28(7,8)23(3,4)5)12-11-13-21(24)22(10-2)26-20-16-14-19(25-6)15-17-20/h9-10,12,14-17,21-22,24H,1-2,11,13H2,3-8H3/b18-12-/t21-,22-/m0/s1. The van der Waals surface area contributed by atoms with Crippen LogP contribution in [0.5, 0.6) is 11.5 Å². The molecule has 0 fully saturated rings. The van der Waals surface area contributed by atoms with Crippen LogP contribution >= 0.6 is 0 Å². The maximum atomic E-state index is 10.5. The molecule has 0 aliphatic carbocycles. The molecule has 0 radical (unpaired) electrons. The Morgan fingerprint density at radius 2 is 1.71 bits per heavy atom. The lowest BCUT2D eigenvalue weighted by Gasteiger charge is -2.36. The number of ether oxygens (including phenoxy) is 2. The van der Waals surface area contributed by atoms with Crippen molar-refractivity contribution in [1.29, 1.82) is 0 Å². The van der Waals surface area contributed by atoms with Gasteiger partial charge in [-0.15, -0.1) is 0 Å². The highest BCUT2D eigenvalue weighted by Crippen LogP contribution is 2.38. The van der Waals surface area contributed by atoms with Crippen molar-refractivity contribution in [3.05, 3.63) is 61.4 Å². The topological polar surface area (TPSA) is 47.9 Å². The van der Waals surface area contributed by atoms with Gasteiger partial charge in [-0.1, -0.05) is 33.9 Å². The van der Waals surface area contributed by atoms with Gasteiger partial charge in [-0.25, -0.2) is 0 Å². The molecule has 0 amide bonds. The van der Waals surface area contributed by atoms with Crippen LogP contribution in [0.4, 0.5) is 0 Å². The molecule has 1 rings (SSSR count). The van der Waals surface area contributed by atoms with Gasteiger partial charge in [-0.3, -0.25) is 0 Å². The van der Waals surface area contributed by atoms with Gasteiger partial charge in [-0.05, 0) is 73.5 Å². The van der Waals surface area contributed by atoms with Crippen LogP contribution < -0.4 is 9.47 Å². The minimum absolute atomic E-state index is 0.120. The second kappa shape index (κ2) is 10.5. The van der Waals surface area contributed by atoms with Crippen LogP contribution in [0.3, 0.4) is 0 Å². The summed E-state index contributed by atoms with van der Waals surface area (Å²) in [5.41, 5.74) is 0. The fourth-order valence-electron chi connectivity index (χ4n) is 2.27. The fraction of sp³-hybridized carbons (Fsp3) is 0.478. The van der Waals surface area contributed by atoms with E-state index in [9.17, 15) is 5.11 Å². The SMILES string of the molecule is C=C/C(=C/CC[C@H](O)[C@H](C=C)Oc1ccc(OC)cc1)O[Si](C)(C)C(C)(C)C. The van der Waals surface area contributed by atoms with E-state index in [1.54, 1.807) is 19.3 Å². The molecule has 0 aliphatic rings. The van der Waals surface area contributed by atoms with E-state index in [0.717, 1.165) is 11.5 Å². The molecule has 0 saturated carbocycles. The van der Waals surface area contributed by atoms with E-state index in [1.807, 2.05) is 30.3 Å². The van der Waals surface area contributed by atoms with Crippen LogP contribution in [-0.4, -0.2) is 32.7 Å². The van der Waals surface area contributed by atoms with Gasteiger partial charge >= 0.3 is 0 Å². The number of rotatable bonds is 11. The van der Waals surface area contributed by atoms with E-state index in [0.29, 0.717) is 18.6 Å². The van der Waals surface area contributed by atoms with Crippen LogP contribution in [0.15, 0.2) is 61.4 Å². The molecule has 4 nitrogen and oxygen atoms in total. The highest BCUT2D eigenvalue weighted by Gasteiger charge is 2.39. The van der Waals surface area contributed by atoms with Crippen molar-refractivity contribution in [3.8, 4) is 11.5 Å². The molecule has 1 aromatic carbocycles. The number of hydrogen-bond donors (Lipinski definition) is 1. The minimum atomic E-state index is -1.91. The lowest BCUT2D eigenvalue weighted by Crippen LogP contribution is -2.40. The second-order valence-electron chi connectivity index (χ2n) is 8.31. The van der Waals surface area contributed by atoms with E-state index >= 15 is 0 Å². The third kappa shape index (κ3) is 7.21. The zero-order valence-corrected chi connectivity index (χ0v) is 19.2. The number of hydrogen-bond acceptors (Lipinski definition) is 4. The molecule has 0 heterocycles. The van der Waals surface area contributed by atoms with Crippen molar-refractivity contribution in [2.75, 3.05) is 7.11 Å². The Kier molecular flexibility index (Phi) is 9.05. The second-order valence-corrected chi connectivity index (χ2v) is 13.0. The molecule has 5 heteroatoms. The molecule has 0 aliphatic heterocycles. The molecule has 0 aromatic heterocycles. The smallest absolute Gasteiger partial charge is 0.250 e. The van der Waals surface area contributed by atoms with Gasteiger partial charge in [0, 0.05) is 0 Å². The van der Waals surface area contributed by atoms with Crippen LogP contribution in [0.25, 0.3) is 0 Å². The minimum Gasteiger partial charge on any atom is -0.544 e. The van der Waals surface area contributed by atoms with Crippen LogP contribution in [0, 0.1) is 0 Å². The Morgan fingerprint density at radius 1 is 1.14 bits per heavy atom. The molecule has 1 aromatic rings. The number of benzene rings is 1. The molecule has 1 N–H and O–H groups in total. The molecule has 0 unspecified atom stereocenters. The predicted octanol–water partition coefficient (Wildman–Crippen LogP) is 5.86. The molecule has 0 spiro atoms. The zero-order valence-electron chi connectivity index (χ0n) is 18.2. The van der Waals surface area contributed by atoms with Crippen LogP contribution in [0.1, 0.15) is 33.6 Å². The third-order valence-electron chi connectivity index (χ3n) is 5.13. The van der Waals surface area contributed by atoms with Gasteiger partial charge in [0.05, 0.1) is 19.0 Å². The first-order valence-corrected chi connectivity index (χ1v) is 12.6. The number of methoxy groups -OCH3 is 1. The molecule has 2 atom stereocenters. The summed E-state index contributed by atoms with van der Waals surface area (Å²) in [6.45, 7) is 18.7. The van der Waals surface area contributed by atoms with E-state index in [1.165, 1.54) is 0 Å². The van der Waals surface area contributed by atoms with Crippen molar-refractivity contribution in [1.82, 2.24) is 0 Å². The quantitative estimate of drug-likeness (QED) is 0.217. The van der Waals surface area contributed by atoms with Crippen molar-refractivity contribution in [2.45, 2.75) is 64.0 Å². The van der Waals surface area contributed by atoms with Gasteiger partial charge < -0.3 is 19.0 Å². The summed E-state index contributed by atoms with van der Waals surface area (Å²) in [6.07, 6.45) is 5.39. The van der Waals surface area contributed by atoms with E-state index in [-0.39, 0.29) is 5.04 Å². The van der Waals surface area contributed by atoms with Gasteiger partial charge in [0.1, 0.15) is 17.6 Å². The van der Waals surface area contributed by atoms with Crippen LogP contribution in [-0.2, 0) is 4.43 Å². The molecular weight excluding hydrogens is 368 g/mol. The lowest BCUT2D eigenvalue weighted by atomic mass is 10.1. The number of allylic oxidation sites excluding steroid dienone is 2. The first-order valence-electron chi connectivity index (χ1n) is 9.67. The van der Waals surface area contributed by atoms with Crippen LogP contribution in [0.2, 0.25) is 18.1 Å². The summed E-state index contributed by atoms with van der Waals surface area (Å²) in [5, 5.41) is 10.6. The van der Waals surface area contributed by atoms with Crippen molar-refractivity contribution < 1.29 is 19.0 Å². The Balaban J connectivity index is 2.65. The van der Waals surface area contributed by atoms with Crippen molar-refractivity contribution in [2.24, 2.45) is 0 Å². The molecule has 156 valence electrons. The highest BCUT2D eigenvalue weighted by atomic mass is 28.4. The zero-order chi connectivity index (χ0) is 21.4. The predicted molar refractivity (Wildman–Crippen MR) is 119 cm³/mol. The Morgan fingerprint density at radius 3 is 2.18 bits per heavy atom. The third-order valence-corrected chi connectivity index (χ3v) is 9.49. The molecular formula is C23H36O4Si. The van der Waals surface area contributed by atoms with Gasteiger partial charge in [-0.2, -0.15) is 0 Å². The summed E-state index contributed by atoms with van der Waals surface area (Å²) in [6, 6.07) is 7.26. The Hall–Kier alpha value is -1.98. The van der Waals surface area contributed by atoms with Gasteiger partial charge in [0.15, 0.2) is 0 Å². The summed E-state index contributed by atoms with van der Waals surface area (Å²) in [4.78, 5) is 0. The molecule has 0 bridgehead atoms. The lowest BCUT2D eigenvalue weighted by molar-refractivity contribution is 0.0586. The number of aliphatic hydroxyl groups is 1. The summed E-state index contributed by atoms with van der Waals surface area (Å²) in [7, 11) is -0.290. The average molecular weight is 405 g/mol. The Bertz CT molecular complexity index is 656. The first kappa shape index (κ1) is 24.1. The summed E-state index contributed by atoms with van der Waals surface area (Å²) < 4.78 is 17.3. The molecule has 28 heavy (non-hydrogen) atoms. The normalized spacial score (nSPS) is 14.8. The fourth-order valence-corrected chi connectivity index (χ4v) is 3.33. The summed E-state index contributed by atoms with van der Waals surface area (Å²) in [5.74, 6) is 2.20. The summed E-state index contributed by atoms with van der Waals surface area (Å²) >= 11 is 0. The largest absolute Gasteiger partial charge is 0.544 e. The number of aliphatic hydroxyl groups excluding tert-OH is 1. The highest BCUT2D eigenvalue weighted by molar-refractivity contribution is 6.74. The monoisotopic (exact) mass is 404 g/mol. The average Bonchev–Trinajstić information content (AvgIpc) is 2.64. The van der Waals surface area contributed by atoms with Crippen molar-refractivity contribution >= 4 is 8.32 Å². The van der Waals surface area contributed by atoms with E-state index < -0.39 is 20.5 Å². The van der Waals surface area contributed by atoms with Gasteiger partial charge in [0.2, 0.25) is 8.32 Å².